The molecule has 4 rings (SSSR count). The van der Waals surface area contributed by atoms with Crippen molar-refractivity contribution in [3.8, 4) is 5.69 Å². The van der Waals surface area contributed by atoms with Crippen LogP contribution in [0.1, 0.15) is 30.0 Å². The Bertz CT molecular complexity index is 675. The van der Waals surface area contributed by atoms with Crippen molar-refractivity contribution >= 4 is 5.78 Å². The molecule has 2 aliphatic rings. The molecule has 0 amide bonds. The molecule has 2 atom stereocenters. The van der Waals surface area contributed by atoms with Gasteiger partial charge in [-0.3, -0.25) is 4.79 Å². The van der Waals surface area contributed by atoms with Crippen LogP contribution in [0.15, 0.2) is 30.6 Å². The molecule has 2 aromatic rings. The number of hydrogen-bond donors (Lipinski definition) is 0. The second-order valence-electron chi connectivity index (χ2n) is 5.16. The number of imidazole rings is 1. The van der Waals surface area contributed by atoms with Gasteiger partial charge in [0.25, 0.3) is 0 Å². The van der Waals surface area contributed by atoms with E-state index < -0.39 is 0 Å². The predicted octanol–water partition coefficient (Wildman–Crippen LogP) is 2.00. The van der Waals surface area contributed by atoms with Crippen molar-refractivity contribution in [3.63, 3.8) is 0 Å². The third-order valence-corrected chi connectivity index (χ3v) is 3.94. The number of nitrogens with zero attached hydrogens (tertiary/aromatic N) is 2. The van der Waals surface area contributed by atoms with E-state index in [-0.39, 0.29) is 18.0 Å². The van der Waals surface area contributed by atoms with Crippen LogP contribution in [0.3, 0.4) is 0 Å². The number of ketones is 1. The van der Waals surface area contributed by atoms with Crippen LogP contribution in [0.4, 0.5) is 0 Å². The Labute approximate surface area is 111 Å². The number of Topliss-reactive ketones (excluding diaryl/α,β-unsaturated/α-hetero) is 1. The monoisotopic (exact) mass is 254 g/mol. The van der Waals surface area contributed by atoms with E-state index in [4.69, 9.17) is 4.74 Å². The number of benzene rings is 1. The highest BCUT2D eigenvalue weighted by Gasteiger charge is 2.47. The van der Waals surface area contributed by atoms with E-state index in [1.54, 1.807) is 6.92 Å². The van der Waals surface area contributed by atoms with E-state index in [2.05, 4.69) is 27.8 Å². The van der Waals surface area contributed by atoms with Crippen molar-refractivity contribution < 1.29 is 9.53 Å². The number of hydrogen-bond acceptors (Lipinski definition) is 3. The maximum Gasteiger partial charge on any atom is 0.161 e. The largest absolute Gasteiger partial charge is 0.354 e. The van der Waals surface area contributed by atoms with Crippen molar-refractivity contribution in [3.05, 3.63) is 47.5 Å². The number of ether oxygens (including phenoxy) is 1. The fraction of sp³-hybridized carbons (Fsp3) is 0.333. The fourth-order valence-electron chi connectivity index (χ4n) is 2.92. The molecule has 19 heavy (non-hydrogen) atoms. The van der Waals surface area contributed by atoms with E-state index in [9.17, 15) is 4.79 Å². The van der Waals surface area contributed by atoms with Crippen molar-refractivity contribution in [1.82, 2.24) is 9.55 Å². The highest BCUT2D eigenvalue weighted by atomic mass is 16.6. The quantitative estimate of drug-likeness (QED) is 0.770. The van der Waals surface area contributed by atoms with Crippen LogP contribution in [0, 0.1) is 0 Å². The second kappa shape index (κ2) is 3.78. The zero-order valence-corrected chi connectivity index (χ0v) is 10.7. The Balaban J connectivity index is 1.77. The van der Waals surface area contributed by atoms with E-state index >= 15 is 0 Å². The molecule has 1 aromatic heterocycles. The van der Waals surface area contributed by atoms with Crippen LogP contribution < -0.4 is 0 Å². The summed E-state index contributed by atoms with van der Waals surface area (Å²) in [6.07, 6.45) is 3.42. The van der Waals surface area contributed by atoms with E-state index in [0.29, 0.717) is 0 Å². The van der Waals surface area contributed by atoms with Gasteiger partial charge in [0.15, 0.2) is 5.78 Å². The van der Waals surface area contributed by atoms with Crippen LogP contribution in [-0.2, 0) is 22.4 Å². The minimum Gasteiger partial charge on any atom is -0.354 e. The van der Waals surface area contributed by atoms with Crippen LogP contribution in [0.5, 0.6) is 0 Å². The lowest BCUT2D eigenvalue weighted by Gasteiger charge is -2.19. The molecule has 0 saturated carbocycles. The summed E-state index contributed by atoms with van der Waals surface area (Å²) in [6.45, 7) is 1.57. The Hall–Kier alpha value is -1.94. The fourth-order valence-corrected chi connectivity index (χ4v) is 2.92. The van der Waals surface area contributed by atoms with Gasteiger partial charge in [-0.25, -0.2) is 4.98 Å². The maximum absolute atomic E-state index is 11.3. The highest BCUT2D eigenvalue weighted by molar-refractivity contribution is 5.83. The first-order valence-corrected chi connectivity index (χ1v) is 6.56. The molecule has 0 N–H and O–H groups in total. The number of carbonyl (C=O) groups excluding carboxylic acids is 1. The summed E-state index contributed by atoms with van der Waals surface area (Å²) in [6, 6.07) is 8.38. The number of fused-ring (bicyclic) bond motifs is 3. The molecule has 2 unspecified atom stereocenters. The average Bonchev–Trinajstić information content (AvgIpc) is 3.11. The number of carbonyl (C=O) groups is 1. The summed E-state index contributed by atoms with van der Waals surface area (Å²) in [5, 5.41) is 0. The van der Waals surface area contributed by atoms with Gasteiger partial charge in [-0.1, -0.05) is 18.2 Å². The number of rotatable bonds is 2. The zero-order chi connectivity index (χ0) is 13.0. The first-order chi connectivity index (χ1) is 9.25. The van der Waals surface area contributed by atoms with Crippen molar-refractivity contribution in [2.75, 3.05) is 0 Å². The van der Waals surface area contributed by atoms with Gasteiger partial charge in [-0.15, -0.1) is 0 Å². The lowest BCUT2D eigenvalue weighted by atomic mass is 9.99. The van der Waals surface area contributed by atoms with Gasteiger partial charge in [0.05, 0.1) is 12.0 Å². The van der Waals surface area contributed by atoms with Gasteiger partial charge < -0.3 is 9.30 Å². The average molecular weight is 254 g/mol. The van der Waals surface area contributed by atoms with Crippen molar-refractivity contribution in [2.45, 2.75) is 32.0 Å². The van der Waals surface area contributed by atoms with Gasteiger partial charge in [-0.2, -0.15) is 0 Å². The summed E-state index contributed by atoms with van der Waals surface area (Å²) in [5.74, 6) is 0.0861. The molecule has 1 aromatic carbocycles. The summed E-state index contributed by atoms with van der Waals surface area (Å²) in [5.41, 5.74) is 4.67. The second-order valence-corrected chi connectivity index (χ2v) is 5.16. The molecule has 0 bridgehead atoms. The highest BCUT2D eigenvalue weighted by Crippen LogP contribution is 2.41. The predicted molar refractivity (Wildman–Crippen MR) is 69.3 cm³/mol. The molecule has 0 spiro atoms. The van der Waals surface area contributed by atoms with Gasteiger partial charge in [0.1, 0.15) is 12.2 Å². The molecule has 2 aliphatic heterocycles. The van der Waals surface area contributed by atoms with Gasteiger partial charge in [-0.05, 0) is 31.4 Å². The summed E-state index contributed by atoms with van der Waals surface area (Å²) in [4.78, 5) is 15.8. The SMILES string of the molecule is CC(=O)C1OC1c1ncn2c1CCc1ccccc1-2. The topological polar surface area (TPSA) is 47.4 Å². The first kappa shape index (κ1) is 10.9. The summed E-state index contributed by atoms with van der Waals surface area (Å²) >= 11 is 0. The van der Waals surface area contributed by atoms with E-state index in [1.165, 1.54) is 16.9 Å². The molecular formula is C15H14N2O2. The summed E-state index contributed by atoms with van der Waals surface area (Å²) in [7, 11) is 0. The molecule has 0 aliphatic carbocycles. The molecular weight excluding hydrogens is 240 g/mol. The van der Waals surface area contributed by atoms with E-state index in [0.717, 1.165) is 18.5 Å². The maximum atomic E-state index is 11.3. The standard InChI is InChI=1S/C15H14N2O2/c1-9(18)14-15(19-14)13-12-7-6-10-4-2-3-5-11(10)17(12)8-16-13/h2-5,8,14-15H,6-7H2,1H3. The lowest BCUT2D eigenvalue weighted by molar-refractivity contribution is -0.118. The van der Waals surface area contributed by atoms with E-state index in [1.807, 2.05) is 12.4 Å². The molecule has 0 radical (unpaired) electrons. The Kier molecular flexibility index (Phi) is 2.17. The smallest absolute Gasteiger partial charge is 0.161 e. The third kappa shape index (κ3) is 1.56. The third-order valence-electron chi connectivity index (χ3n) is 3.94. The number of epoxide rings is 1. The van der Waals surface area contributed by atoms with Gasteiger partial charge in [0, 0.05) is 11.4 Å². The Morgan fingerprint density at radius 3 is 3.00 bits per heavy atom. The number of aromatic nitrogens is 2. The zero-order valence-electron chi connectivity index (χ0n) is 10.7. The molecule has 1 saturated heterocycles. The molecule has 4 nitrogen and oxygen atoms in total. The Morgan fingerprint density at radius 2 is 2.21 bits per heavy atom. The van der Waals surface area contributed by atoms with Gasteiger partial charge >= 0.3 is 0 Å². The molecule has 3 heterocycles. The van der Waals surface area contributed by atoms with Crippen LogP contribution in [0.2, 0.25) is 0 Å². The first-order valence-electron chi connectivity index (χ1n) is 6.56. The molecule has 1 fully saturated rings. The minimum atomic E-state index is -0.281. The van der Waals surface area contributed by atoms with Crippen LogP contribution in [0.25, 0.3) is 5.69 Å². The van der Waals surface area contributed by atoms with Crippen molar-refractivity contribution in [2.24, 2.45) is 0 Å². The van der Waals surface area contributed by atoms with Crippen molar-refractivity contribution in [1.29, 1.82) is 0 Å². The molecule has 4 heteroatoms. The van der Waals surface area contributed by atoms with Crippen LogP contribution >= 0.6 is 0 Å². The Morgan fingerprint density at radius 1 is 1.37 bits per heavy atom. The number of para-hydroxylation sites is 1. The number of aryl methyl sites for hydroxylation is 1. The minimum absolute atomic E-state index is 0.0861. The lowest BCUT2D eigenvalue weighted by Crippen LogP contribution is -2.12. The normalized spacial score (nSPS) is 23.6. The molecule has 96 valence electrons. The van der Waals surface area contributed by atoms with Gasteiger partial charge in [0.2, 0.25) is 0 Å². The summed E-state index contributed by atoms with van der Waals surface area (Å²) < 4.78 is 7.58. The van der Waals surface area contributed by atoms with Crippen LogP contribution in [-0.4, -0.2) is 21.4 Å².